The molecule has 2 atom stereocenters. The van der Waals surface area contributed by atoms with Crippen LogP contribution in [0.3, 0.4) is 0 Å². The van der Waals surface area contributed by atoms with Crippen LogP contribution >= 0.6 is 11.8 Å². The smallest absolute Gasteiger partial charge is 0.352 e. The van der Waals surface area contributed by atoms with Crippen LogP contribution in [0.2, 0.25) is 0 Å². The van der Waals surface area contributed by atoms with Crippen LogP contribution in [0, 0.1) is 0 Å². The summed E-state index contributed by atoms with van der Waals surface area (Å²) in [5, 5.41) is 8.54. The Balaban J connectivity index is 2.24. The minimum Gasteiger partial charge on any atom is -0.477 e. The number of carboxylic acids is 1. The highest BCUT2D eigenvalue weighted by Crippen LogP contribution is 2.45. The molecule has 1 fully saturated rings. The first-order valence-corrected chi connectivity index (χ1v) is 7.48. The van der Waals surface area contributed by atoms with Crippen LogP contribution in [-0.2, 0) is 28.7 Å². The zero-order valence-corrected chi connectivity index (χ0v) is 12.9. The molecule has 0 aromatic heterocycles. The molecule has 11 heteroatoms. The second kappa shape index (κ2) is 6.18. The topological polar surface area (TPSA) is 162 Å². The Labute approximate surface area is 134 Å². The van der Waals surface area contributed by atoms with Crippen LogP contribution in [-0.4, -0.2) is 63.8 Å². The van der Waals surface area contributed by atoms with Crippen molar-refractivity contribution in [3.63, 3.8) is 0 Å². The van der Waals surface area contributed by atoms with Gasteiger partial charge < -0.3 is 20.3 Å². The van der Waals surface area contributed by atoms with E-state index in [9.17, 15) is 24.3 Å². The highest BCUT2D eigenvalue weighted by Gasteiger charge is 2.64. The maximum Gasteiger partial charge on any atom is 0.352 e. The molecule has 2 rings (SSSR count). The van der Waals surface area contributed by atoms with Crippen molar-refractivity contribution in [2.75, 3.05) is 19.0 Å². The van der Waals surface area contributed by atoms with Crippen molar-refractivity contribution in [2.24, 2.45) is 11.5 Å². The number of amides is 2. The van der Waals surface area contributed by atoms with Gasteiger partial charge in [0.1, 0.15) is 24.3 Å². The van der Waals surface area contributed by atoms with Gasteiger partial charge in [-0.2, -0.15) is 0 Å². The molecule has 23 heavy (non-hydrogen) atoms. The van der Waals surface area contributed by atoms with Gasteiger partial charge in [0.2, 0.25) is 11.6 Å². The Hall–Kier alpha value is -2.11. The number of fused-ring (bicyclic) bond motifs is 1. The largest absolute Gasteiger partial charge is 0.477 e. The van der Waals surface area contributed by atoms with Gasteiger partial charge >= 0.3 is 11.9 Å². The van der Waals surface area contributed by atoms with Crippen molar-refractivity contribution >= 4 is 35.5 Å². The predicted molar refractivity (Wildman–Crippen MR) is 76.5 cm³/mol. The van der Waals surface area contributed by atoms with E-state index in [1.54, 1.807) is 0 Å². The number of β-lactam (4-membered cyclic amide) rings is 1. The van der Waals surface area contributed by atoms with Crippen LogP contribution in [0.15, 0.2) is 11.3 Å². The Morgan fingerprint density at radius 2 is 2.13 bits per heavy atom. The van der Waals surface area contributed by atoms with E-state index in [1.165, 1.54) is 6.92 Å². The third kappa shape index (κ3) is 3.02. The van der Waals surface area contributed by atoms with Crippen LogP contribution in [0.25, 0.3) is 0 Å². The quantitative estimate of drug-likeness (QED) is 0.279. The summed E-state index contributed by atoms with van der Waals surface area (Å²) in [6.07, 6.45) is 0. The molecule has 1 unspecified atom stereocenters. The van der Waals surface area contributed by atoms with Crippen molar-refractivity contribution in [3.05, 3.63) is 11.3 Å². The van der Waals surface area contributed by atoms with E-state index in [0.717, 1.165) is 16.7 Å². The molecule has 2 aliphatic heterocycles. The number of carbonyl (C=O) groups is 4. The Kier molecular flexibility index (Phi) is 4.63. The monoisotopic (exact) mass is 345 g/mol. The van der Waals surface area contributed by atoms with Gasteiger partial charge in [0.15, 0.2) is 0 Å². The first-order chi connectivity index (χ1) is 10.7. The summed E-state index contributed by atoms with van der Waals surface area (Å²) in [4.78, 5) is 46.3. The maximum atomic E-state index is 12.2. The number of hydrogen-bond donors (Lipinski definition) is 3. The van der Waals surface area contributed by atoms with E-state index in [0.29, 0.717) is 0 Å². The third-order valence-corrected chi connectivity index (χ3v) is 4.64. The third-order valence-electron chi connectivity index (χ3n) is 3.25. The number of hydrogen-bond acceptors (Lipinski definition) is 8. The molecule has 0 spiro atoms. The number of nitrogens with two attached hydrogens (primary N) is 2. The number of aliphatic carboxylic acids is 1. The lowest BCUT2D eigenvalue weighted by Gasteiger charge is -2.54. The molecule has 0 aliphatic carbocycles. The molecule has 2 heterocycles. The number of ether oxygens (including phenoxy) is 2. The van der Waals surface area contributed by atoms with E-state index in [-0.39, 0.29) is 23.6 Å². The van der Waals surface area contributed by atoms with E-state index in [1.807, 2.05) is 0 Å². The highest BCUT2D eigenvalue weighted by atomic mass is 32.2. The molecule has 10 nitrogen and oxygen atoms in total. The number of rotatable bonds is 6. The van der Waals surface area contributed by atoms with E-state index >= 15 is 0 Å². The van der Waals surface area contributed by atoms with Crippen molar-refractivity contribution in [2.45, 2.75) is 18.0 Å². The summed E-state index contributed by atoms with van der Waals surface area (Å²) in [5.74, 6) is -3.33. The SMILES string of the molecule is CC(=O)OCC1=C(C(=O)O)N2C(=O)C(N)(OCC(N)=O)[C@H]2SC1. The van der Waals surface area contributed by atoms with Crippen LogP contribution in [0.1, 0.15) is 6.92 Å². The summed E-state index contributed by atoms with van der Waals surface area (Å²) >= 11 is 1.15. The summed E-state index contributed by atoms with van der Waals surface area (Å²) in [5.41, 5.74) is 8.97. The van der Waals surface area contributed by atoms with Gasteiger partial charge in [0.05, 0.1) is 0 Å². The maximum absolute atomic E-state index is 12.2. The molecule has 2 aliphatic rings. The second-order valence-corrected chi connectivity index (χ2v) is 5.99. The fourth-order valence-electron chi connectivity index (χ4n) is 2.24. The summed E-state index contributed by atoms with van der Waals surface area (Å²) < 4.78 is 9.86. The lowest BCUT2D eigenvalue weighted by atomic mass is 9.99. The van der Waals surface area contributed by atoms with Gasteiger partial charge in [-0.3, -0.25) is 25.0 Å². The summed E-state index contributed by atoms with van der Waals surface area (Å²) in [7, 11) is 0. The molecular weight excluding hydrogens is 330 g/mol. The molecule has 0 radical (unpaired) electrons. The number of thioether (sulfide) groups is 1. The summed E-state index contributed by atoms with van der Waals surface area (Å²) in [6, 6.07) is 0. The second-order valence-electron chi connectivity index (χ2n) is 4.92. The fourth-order valence-corrected chi connectivity index (χ4v) is 3.58. The molecule has 0 saturated carbocycles. The molecule has 1 saturated heterocycles. The van der Waals surface area contributed by atoms with E-state index < -0.39 is 41.5 Å². The molecule has 126 valence electrons. The van der Waals surface area contributed by atoms with Gasteiger partial charge in [-0.15, -0.1) is 11.8 Å². The summed E-state index contributed by atoms with van der Waals surface area (Å²) in [6.45, 7) is 0.400. The predicted octanol–water partition coefficient (Wildman–Crippen LogP) is -2.04. The molecule has 0 aromatic carbocycles. The average molecular weight is 345 g/mol. The standard InChI is InChI=1S/C12H15N3O7S/c1-5(16)21-2-6-4-23-11-12(14,22-3-7(13)17)10(20)15(11)8(6)9(18)19/h11H,2-4,14H2,1H3,(H2,13,17)(H,18,19)/t11-,12?/m1/s1. The van der Waals surface area contributed by atoms with Crippen molar-refractivity contribution in [1.82, 2.24) is 4.90 Å². The number of carbonyl (C=O) groups excluding carboxylic acids is 3. The van der Waals surface area contributed by atoms with Gasteiger partial charge in [-0.1, -0.05) is 0 Å². The number of esters is 1. The fraction of sp³-hybridized carbons (Fsp3) is 0.500. The van der Waals surface area contributed by atoms with Gasteiger partial charge in [-0.25, -0.2) is 4.79 Å². The Bertz CT molecular complexity index is 620. The lowest BCUT2D eigenvalue weighted by Crippen LogP contribution is -2.79. The first kappa shape index (κ1) is 17.2. The molecular formula is C12H15N3O7S. The molecule has 0 aromatic rings. The zero-order valence-electron chi connectivity index (χ0n) is 12.1. The first-order valence-electron chi connectivity index (χ1n) is 6.43. The van der Waals surface area contributed by atoms with Gasteiger partial charge in [-0.05, 0) is 0 Å². The van der Waals surface area contributed by atoms with Crippen molar-refractivity contribution in [3.8, 4) is 0 Å². The zero-order chi connectivity index (χ0) is 17.4. The minimum atomic E-state index is -1.81. The van der Waals surface area contributed by atoms with Gasteiger partial charge in [0.25, 0.3) is 5.91 Å². The normalized spacial score (nSPS) is 26.4. The van der Waals surface area contributed by atoms with Gasteiger partial charge in [0, 0.05) is 18.2 Å². The molecule has 0 bridgehead atoms. The van der Waals surface area contributed by atoms with E-state index in [4.69, 9.17) is 20.9 Å². The van der Waals surface area contributed by atoms with Crippen LogP contribution in [0.5, 0.6) is 0 Å². The highest BCUT2D eigenvalue weighted by molar-refractivity contribution is 8.00. The Morgan fingerprint density at radius 3 is 2.65 bits per heavy atom. The van der Waals surface area contributed by atoms with E-state index in [2.05, 4.69) is 0 Å². The number of carboxylic acid groups (broad SMARTS) is 1. The molecule has 2 amide bonds. The van der Waals surface area contributed by atoms with Crippen LogP contribution < -0.4 is 11.5 Å². The molecule has 5 N–H and O–H groups in total. The van der Waals surface area contributed by atoms with Crippen LogP contribution in [0.4, 0.5) is 0 Å². The number of primary amides is 1. The minimum absolute atomic E-state index is 0.183. The number of nitrogens with zero attached hydrogens (tertiary/aromatic N) is 1. The average Bonchev–Trinajstić information content (AvgIpc) is 2.48. The van der Waals surface area contributed by atoms with Crippen molar-refractivity contribution < 1.29 is 33.8 Å². The lowest BCUT2D eigenvalue weighted by molar-refractivity contribution is -0.189. The van der Waals surface area contributed by atoms with Crippen molar-refractivity contribution in [1.29, 1.82) is 0 Å². The Morgan fingerprint density at radius 1 is 1.48 bits per heavy atom.